The maximum atomic E-state index is 9.70. The molecule has 0 unspecified atom stereocenters. The molecule has 0 saturated heterocycles. The number of carboxylic acids is 2. The van der Waals surface area contributed by atoms with E-state index in [2.05, 4.69) is 4.74 Å². The Bertz CT molecular complexity index is 192. The molecule has 0 spiro atoms. The van der Waals surface area contributed by atoms with Gasteiger partial charge in [0.2, 0.25) is 0 Å². The summed E-state index contributed by atoms with van der Waals surface area (Å²) < 4.78 is 4.63. The lowest BCUT2D eigenvalue weighted by Gasteiger charge is -1.94. The van der Waals surface area contributed by atoms with Gasteiger partial charge in [-0.05, 0) is 0 Å². The zero-order valence-electron chi connectivity index (χ0n) is 12.0. The number of hydrogen-bond acceptors (Lipinski definition) is 5. The molecule has 0 atom stereocenters. The van der Waals surface area contributed by atoms with Gasteiger partial charge in [-0.25, -0.2) is 0 Å². The van der Waals surface area contributed by atoms with Gasteiger partial charge in [-0.2, -0.15) is 0 Å². The lowest BCUT2D eigenvalue weighted by molar-refractivity contribution is -0.141. The van der Waals surface area contributed by atoms with Gasteiger partial charge in [0.25, 0.3) is 0 Å². The van der Waals surface area contributed by atoms with Crippen molar-refractivity contribution < 1.29 is 34.8 Å². The van der Waals surface area contributed by atoms with E-state index in [9.17, 15) is 9.59 Å². The SMILES string of the molecule is CC(C)C(=O)O.CC(C)C(=O)O.OCCOCCO. The highest BCUT2D eigenvalue weighted by Gasteiger charge is 1.99. The molecule has 0 aromatic carbocycles. The Morgan fingerprint density at radius 1 is 0.842 bits per heavy atom. The number of hydrogen-bond donors (Lipinski definition) is 4. The van der Waals surface area contributed by atoms with Gasteiger partial charge in [-0.15, -0.1) is 0 Å². The molecule has 0 bridgehead atoms. The zero-order chi connectivity index (χ0) is 15.8. The van der Waals surface area contributed by atoms with E-state index in [0.717, 1.165) is 0 Å². The first kappa shape index (κ1) is 23.0. The Kier molecular flexibility index (Phi) is 20.3. The van der Waals surface area contributed by atoms with Gasteiger partial charge in [0.05, 0.1) is 38.3 Å². The molecular formula is C12H26O7. The molecule has 0 amide bonds. The highest BCUT2D eigenvalue weighted by atomic mass is 16.5. The van der Waals surface area contributed by atoms with Crippen molar-refractivity contribution in [3.05, 3.63) is 0 Å². The van der Waals surface area contributed by atoms with Gasteiger partial charge in [-0.3, -0.25) is 9.59 Å². The minimum atomic E-state index is -0.741. The van der Waals surface area contributed by atoms with Crippen LogP contribution < -0.4 is 0 Å². The molecular weight excluding hydrogens is 256 g/mol. The third-order valence-corrected chi connectivity index (χ3v) is 1.46. The molecule has 0 aliphatic rings. The Hall–Kier alpha value is -1.18. The van der Waals surface area contributed by atoms with Gasteiger partial charge < -0.3 is 25.2 Å². The molecule has 7 nitrogen and oxygen atoms in total. The summed E-state index contributed by atoms with van der Waals surface area (Å²) in [4.78, 5) is 19.4. The van der Waals surface area contributed by atoms with Crippen LogP contribution in [0.3, 0.4) is 0 Å². The average molecular weight is 282 g/mol. The van der Waals surface area contributed by atoms with Gasteiger partial charge in [0.15, 0.2) is 0 Å². The van der Waals surface area contributed by atoms with Crippen LogP contribution in [0.2, 0.25) is 0 Å². The minimum absolute atomic E-state index is 0.0278. The first-order valence-electron chi connectivity index (χ1n) is 5.95. The van der Waals surface area contributed by atoms with Crippen LogP contribution in [0, 0.1) is 11.8 Å². The predicted molar refractivity (Wildman–Crippen MR) is 69.9 cm³/mol. The van der Waals surface area contributed by atoms with E-state index in [0.29, 0.717) is 13.2 Å². The second kappa shape index (κ2) is 16.8. The van der Waals surface area contributed by atoms with E-state index in [1.807, 2.05) is 0 Å². The fraction of sp³-hybridized carbons (Fsp3) is 0.833. The number of aliphatic carboxylic acids is 2. The number of aliphatic hydroxyl groups excluding tert-OH is 2. The fourth-order valence-electron chi connectivity index (χ4n) is 0.231. The number of aliphatic hydroxyl groups is 2. The zero-order valence-corrected chi connectivity index (χ0v) is 12.0. The van der Waals surface area contributed by atoms with Crippen LogP contribution in [0.5, 0.6) is 0 Å². The normalized spacial score (nSPS) is 9.26. The van der Waals surface area contributed by atoms with Crippen LogP contribution in [0.4, 0.5) is 0 Å². The van der Waals surface area contributed by atoms with Crippen LogP contribution in [0.15, 0.2) is 0 Å². The first-order valence-corrected chi connectivity index (χ1v) is 5.95. The largest absolute Gasteiger partial charge is 0.481 e. The van der Waals surface area contributed by atoms with E-state index >= 15 is 0 Å². The van der Waals surface area contributed by atoms with Crippen molar-refractivity contribution in [3.63, 3.8) is 0 Å². The van der Waals surface area contributed by atoms with Crippen LogP contribution in [-0.2, 0) is 14.3 Å². The molecule has 0 aromatic rings. The smallest absolute Gasteiger partial charge is 0.305 e. The minimum Gasteiger partial charge on any atom is -0.481 e. The molecule has 0 aliphatic heterocycles. The van der Waals surface area contributed by atoms with Crippen molar-refractivity contribution in [2.45, 2.75) is 27.7 Å². The standard InChI is InChI=1S/C4H10O3.2C4H8O2/c5-1-3-7-4-2-6;2*1-3(2)4(5)6/h5-6H,1-4H2;2*3H,1-2H3,(H,5,6). The molecule has 4 N–H and O–H groups in total. The van der Waals surface area contributed by atoms with E-state index in [1.165, 1.54) is 0 Å². The molecule has 0 fully saturated rings. The predicted octanol–water partition coefficient (Wildman–Crippen LogP) is 0.442. The molecule has 0 saturated carbocycles. The van der Waals surface area contributed by atoms with Crippen LogP contribution in [0.1, 0.15) is 27.7 Å². The third kappa shape index (κ3) is 31.6. The maximum Gasteiger partial charge on any atom is 0.305 e. The molecule has 7 heteroatoms. The molecule has 0 rings (SSSR count). The Labute approximate surface area is 113 Å². The summed E-state index contributed by atoms with van der Waals surface area (Å²) in [6.07, 6.45) is 0. The molecule has 19 heavy (non-hydrogen) atoms. The number of carbonyl (C=O) groups is 2. The van der Waals surface area contributed by atoms with Gasteiger partial charge >= 0.3 is 11.9 Å². The van der Waals surface area contributed by atoms with Crippen LogP contribution in [-0.4, -0.2) is 58.8 Å². The molecule has 0 aliphatic carbocycles. The average Bonchev–Trinajstić information content (AvgIpc) is 2.31. The second-order valence-corrected chi connectivity index (χ2v) is 4.05. The summed E-state index contributed by atoms with van der Waals surface area (Å²) in [5.74, 6) is -1.94. The number of ether oxygens (including phenoxy) is 1. The van der Waals surface area contributed by atoms with Crippen molar-refractivity contribution in [2.75, 3.05) is 26.4 Å². The monoisotopic (exact) mass is 282 g/mol. The van der Waals surface area contributed by atoms with Crippen molar-refractivity contribution in [3.8, 4) is 0 Å². The molecule has 0 heterocycles. The molecule has 0 aromatic heterocycles. The van der Waals surface area contributed by atoms with Crippen molar-refractivity contribution in [1.29, 1.82) is 0 Å². The summed E-state index contributed by atoms with van der Waals surface area (Å²) >= 11 is 0. The van der Waals surface area contributed by atoms with E-state index < -0.39 is 11.9 Å². The van der Waals surface area contributed by atoms with Crippen molar-refractivity contribution in [1.82, 2.24) is 0 Å². The summed E-state index contributed by atoms with van der Waals surface area (Å²) in [7, 11) is 0. The Balaban J connectivity index is -0.000000203. The number of carboxylic acid groups (broad SMARTS) is 2. The second-order valence-electron chi connectivity index (χ2n) is 4.05. The highest BCUT2D eigenvalue weighted by Crippen LogP contribution is 1.87. The molecule has 0 radical (unpaired) electrons. The van der Waals surface area contributed by atoms with Crippen LogP contribution >= 0.6 is 0 Å². The summed E-state index contributed by atoms with van der Waals surface area (Å²) in [6.45, 7) is 7.26. The Morgan fingerprint density at radius 2 is 1.05 bits per heavy atom. The first-order chi connectivity index (χ1) is 8.70. The van der Waals surface area contributed by atoms with Crippen molar-refractivity contribution >= 4 is 11.9 Å². The third-order valence-electron chi connectivity index (χ3n) is 1.46. The molecule has 116 valence electrons. The Morgan fingerprint density at radius 3 is 1.16 bits per heavy atom. The number of rotatable bonds is 6. The maximum absolute atomic E-state index is 9.70. The summed E-state index contributed by atoms with van der Waals surface area (Å²) in [6, 6.07) is 0. The summed E-state index contributed by atoms with van der Waals surface area (Å²) in [5.41, 5.74) is 0. The van der Waals surface area contributed by atoms with E-state index in [1.54, 1.807) is 27.7 Å². The lowest BCUT2D eigenvalue weighted by Crippen LogP contribution is -2.03. The van der Waals surface area contributed by atoms with Gasteiger partial charge in [0, 0.05) is 0 Å². The van der Waals surface area contributed by atoms with Crippen molar-refractivity contribution in [2.24, 2.45) is 11.8 Å². The fourth-order valence-corrected chi connectivity index (χ4v) is 0.231. The van der Waals surface area contributed by atoms with Gasteiger partial charge in [0.1, 0.15) is 0 Å². The summed E-state index contributed by atoms with van der Waals surface area (Å²) in [5, 5.41) is 32.2. The van der Waals surface area contributed by atoms with Crippen LogP contribution in [0.25, 0.3) is 0 Å². The van der Waals surface area contributed by atoms with E-state index in [-0.39, 0.29) is 25.0 Å². The van der Waals surface area contributed by atoms with Gasteiger partial charge in [-0.1, -0.05) is 27.7 Å². The quantitative estimate of drug-likeness (QED) is 0.521. The lowest BCUT2D eigenvalue weighted by atomic mass is 10.2. The highest BCUT2D eigenvalue weighted by molar-refractivity contribution is 5.69. The van der Waals surface area contributed by atoms with E-state index in [4.69, 9.17) is 20.4 Å². The topological polar surface area (TPSA) is 124 Å².